The Bertz CT molecular complexity index is 695. The summed E-state index contributed by atoms with van der Waals surface area (Å²) in [5, 5.41) is 0. The lowest BCUT2D eigenvalue weighted by Gasteiger charge is -2.22. The van der Waals surface area contributed by atoms with Crippen LogP contribution in [0.5, 0.6) is 0 Å². The second-order valence-corrected chi connectivity index (χ2v) is 7.76. The van der Waals surface area contributed by atoms with Crippen molar-refractivity contribution >= 4 is 15.9 Å². The van der Waals surface area contributed by atoms with Crippen molar-refractivity contribution in [1.29, 1.82) is 0 Å². The van der Waals surface area contributed by atoms with Crippen LogP contribution in [-0.2, 0) is 14.8 Å². The minimum atomic E-state index is -3.90. The maximum atomic E-state index is 13.3. The van der Waals surface area contributed by atoms with Crippen LogP contribution in [0, 0.1) is 11.6 Å². The normalized spacial score (nSPS) is 16.9. The van der Waals surface area contributed by atoms with E-state index in [-0.39, 0.29) is 23.9 Å². The number of sulfonamides is 1. The van der Waals surface area contributed by atoms with Gasteiger partial charge in [-0.2, -0.15) is 4.31 Å². The minimum absolute atomic E-state index is 0.0314. The first-order valence-corrected chi connectivity index (χ1v) is 9.53. The molecule has 0 aliphatic carbocycles. The van der Waals surface area contributed by atoms with E-state index in [2.05, 4.69) is 0 Å². The average molecular weight is 360 g/mol. The maximum Gasteiger partial charge on any atom is 0.243 e. The lowest BCUT2D eigenvalue weighted by atomic mass is 10.2. The van der Waals surface area contributed by atoms with Gasteiger partial charge in [0.05, 0.1) is 4.90 Å². The van der Waals surface area contributed by atoms with Gasteiger partial charge in [0.25, 0.3) is 0 Å². The molecule has 134 valence electrons. The van der Waals surface area contributed by atoms with Crippen LogP contribution in [0.3, 0.4) is 0 Å². The molecule has 0 aromatic heterocycles. The molecule has 1 aromatic carbocycles. The fraction of sp³-hybridized carbons (Fsp3) is 0.562. The van der Waals surface area contributed by atoms with E-state index in [1.807, 2.05) is 6.92 Å². The fourth-order valence-corrected chi connectivity index (χ4v) is 4.14. The molecule has 1 saturated heterocycles. The third-order valence-electron chi connectivity index (χ3n) is 4.08. The van der Waals surface area contributed by atoms with E-state index in [0.29, 0.717) is 32.0 Å². The van der Waals surface area contributed by atoms with Gasteiger partial charge in [-0.15, -0.1) is 0 Å². The fourth-order valence-electron chi connectivity index (χ4n) is 2.66. The summed E-state index contributed by atoms with van der Waals surface area (Å²) < 4.78 is 52.7. The molecular weight excluding hydrogens is 338 g/mol. The zero-order valence-corrected chi connectivity index (χ0v) is 14.5. The summed E-state index contributed by atoms with van der Waals surface area (Å²) in [7, 11) is -3.90. The summed E-state index contributed by atoms with van der Waals surface area (Å²) in [6.45, 7) is 3.22. The molecule has 1 aliphatic heterocycles. The first-order valence-electron chi connectivity index (χ1n) is 8.09. The van der Waals surface area contributed by atoms with Crippen molar-refractivity contribution in [1.82, 2.24) is 9.21 Å². The molecule has 0 N–H and O–H groups in total. The molecule has 0 unspecified atom stereocenters. The predicted octanol–water partition coefficient (Wildman–Crippen LogP) is 2.38. The zero-order chi connectivity index (χ0) is 17.7. The van der Waals surface area contributed by atoms with Crippen molar-refractivity contribution in [2.24, 2.45) is 0 Å². The van der Waals surface area contributed by atoms with Crippen LogP contribution in [-0.4, -0.2) is 49.7 Å². The SMILES string of the molecule is CCCCC(=O)N1CCCN(S(=O)(=O)c2ccc(F)c(F)c2)CC1. The summed E-state index contributed by atoms with van der Waals surface area (Å²) in [5.41, 5.74) is 0. The number of hydrogen-bond donors (Lipinski definition) is 0. The number of carbonyl (C=O) groups is 1. The van der Waals surface area contributed by atoms with Crippen LogP contribution in [0.25, 0.3) is 0 Å². The molecule has 1 fully saturated rings. The number of nitrogens with zero attached hydrogens (tertiary/aromatic N) is 2. The van der Waals surface area contributed by atoms with E-state index in [0.717, 1.165) is 25.0 Å². The van der Waals surface area contributed by atoms with Crippen molar-refractivity contribution in [3.63, 3.8) is 0 Å². The highest BCUT2D eigenvalue weighted by atomic mass is 32.2. The van der Waals surface area contributed by atoms with Crippen molar-refractivity contribution in [3.05, 3.63) is 29.8 Å². The van der Waals surface area contributed by atoms with Crippen LogP contribution in [0.1, 0.15) is 32.6 Å². The lowest BCUT2D eigenvalue weighted by molar-refractivity contribution is -0.131. The third kappa shape index (κ3) is 4.30. The van der Waals surface area contributed by atoms with Gasteiger partial charge >= 0.3 is 0 Å². The highest BCUT2D eigenvalue weighted by Gasteiger charge is 2.28. The molecule has 0 spiro atoms. The van der Waals surface area contributed by atoms with Crippen molar-refractivity contribution < 1.29 is 22.0 Å². The highest BCUT2D eigenvalue weighted by molar-refractivity contribution is 7.89. The maximum absolute atomic E-state index is 13.3. The van der Waals surface area contributed by atoms with E-state index in [9.17, 15) is 22.0 Å². The molecule has 0 saturated carbocycles. The Morgan fingerprint density at radius 2 is 1.88 bits per heavy atom. The molecule has 5 nitrogen and oxygen atoms in total. The number of benzene rings is 1. The Balaban J connectivity index is 2.09. The average Bonchev–Trinajstić information content (AvgIpc) is 2.81. The van der Waals surface area contributed by atoms with Gasteiger partial charge in [0.1, 0.15) is 0 Å². The molecule has 24 heavy (non-hydrogen) atoms. The first kappa shape index (κ1) is 18.8. The van der Waals surface area contributed by atoms with Gasteiger partial charge in [-0.3, -0.25) is 4.79 Å². The molecular formula is C16H22F2N2O3S. The summed E-state index contributed by atoms with van der Waals surface area (Å²) >= 11 is 0. The zero-order valence-electron chi connectivity index (χ0n) is 13.7. The predicted molar refractivity (Wildman–Crippen MR) is 85.8 cm³/mol. The van der Waals surface area contributed by atoms with Crippen molar-refractivity contribution in [2.45, 2.75) is 37.5 Å². The number of amides is 1. The van der Waals surface area contributed by atoms with Crippen LogP contribution in [0.15, 0.2) is 23.1 Å². The third-order valence-corrected chi connectivity index (χ3v) is 5.98. The van der Waals surface area contributed by atoms with Crippen molar-refractivity contribution in [2.75, 3.05) is 26.2 Å². The smallest absolute Gasteiger partial charge is 0.243 e. The van der Waals surface area contributed by atoms with Crippen LogP contribution < -0.4 is 0 Å². The highest BCUT2D eigenvalue weighted by Crippen LogP contribution is 2.20. The summed E-state index contributed by atoms with van der Waals surface area (Å²) in [4.78, 5) is 13.5. The topological polar surface area (TPSA) is 57.7 Å². The molecule has 8 heteroatoms. The molecule has 0 atom stereocenters. The molecule has 2 rings (SSSR count). The second kappa shape index (κ2) is 8.02. The van der Waals surface area contributed by atoms with Crippen LogP contribution in [0.4, 0.5) is 8.78 Å². The van der Waals surface area contributed by atoms with E-state index >= 15 is 0 Å². The Labute approximate surface area is 141 Å². The van der Waals surface area contributed by atoms with E-state index in [4.69, 9.17) is 0 Å². The van der Waals surface area contributed by atoms with Crippen LogP contribution in [0.2, 0.25) is 0 Å². The van der Waals surface area contributed by atoms with E-state index in [1.54, 1.807) is 4.90 Å². The Kier molecular flexibility index (Phi) is 6.28. The molecule has 1 heterocycles. The summed E-state index contributed by atoms with van der Waals surface area (Å²) in [5.74, 6) is -2.25. The molecule has 0 bridgehead atoms. The van der Waals surface area contributed by atoms with Gasteiger partial charge < -0.3 is 4.90 Å². The second-order valence-electron chi connectivity index (χ2n) is 5.82. The van der Waals surface area contributed by atoms with Gasteiger partial charge in [-0.05, 0) is 31.0 Å². The van der Waals surface area contributed by atoms with Gasteiger partial charge in [0.15, 0.2) is 11.6 Å². The summed E-state index contributed by atoms with van der Waals surface area (Å²) in [6, 6.07) is 2.56. The minimum Gasteiger partial charge on any atom is -0.341 e. The molecule has 1 aromatic rings. The summed E-state index contributed by atoms with van der Waals surface area (Å²) in [6.07, 6.45) is 2.72. The number of rotatable bonds is 5. The van der Waals surface area contributed by atoms with Crippen LogP contribution >= 0.6 is 0 Å². The van der Waals surface area contributed by atoms with Gasteiger partial charge in [-0.25, -0.2) is 17.2 Å². The Hall–Kier alpha value is -1.54. The standard InChI is InChI=1S/C16H22F2N2O3S/c1-2-3-5-16(21)19-8-4-9-20(11-10-19)24(22,23)13-6-7-14(17)15(18)12-13/h6-7,12H,2-5,8-11H2,1H3. The van der Waals surface area contributed by atoms with Gasteiger partial charge in [0, 0.05) is 32.6 Å². The monoisotopic (exact) mass is 360 g/mol. The molecule has 0 radical (unpaired) electrons. The Morgan fingerprint density at radius 3 is 2.54 bits per heavy atom. The lowest BCUT2D eigenvalue weighted by Crippen LogP contribution is -2.37. The largest absolute Gasteiger partial charge is 0.341 e. The van der Waals surface area contributed by atoms with Crippen molar-refractivity contribution in [3.8, 4) is 0 Å². The number of hydrogen-bond acceptors (Lipinski definition) is 3. The Morgan fingerprint density at radius 1 is 1.12 bits per heavy atom. The molecule has 1 amide bonds. The number of unbranched alkanes of at least 4 members (excludes halogenated alkanes) is 1. The number of halogens is 2. The van der Waals surface area contributed by atoms with E-state index < -0.39 is 21.7 Å². The number of carbonyl (C=O) groups excluding carboxylic acids is 1. The van der Waals surface area contributed by atoms with Gasteiger partial charge in [-0.1, -0.05) is 13.3 Å². The first-order chi connectivity index (χ1) is 11.4. The van der Waals surface area contributed by atoms with Gasteiger partial charge in [0.2, 0.25) is 15.9 Å². The quantitative estimate of drug-likeness (QED) is 0.810. The molecule has 1 aliphatic rings. The van der Waals surface area contributed by atoms with E-state index in [1.165, 1.54) is 4.31 Å².